The van der Waals surface area contributed by atoms with Gasteiger partial charge in [0.25, 0.3) is 0 Å². The second-order valence-corrected chi connectivity index (χ2v) is 3.89. The second kappa shape index (κ2) is 8.34. The van der Waals surface area contributed by atoms with Crippen molar-refractivity contribution in [2.24, 2.45) is 0 Å². The predicted molar refractivity (Wildman–Crippen MR) is 72.5 cm³/mol. The molecule has 0 N–H and O–H groups in total. The Kier molecular flexibility index (Phi) is 6.62. The Balaban J connectivity index is 2.65. The first kappa shape index (κ1) is 14.3. The number of esters is 1. The molecule has 0 bridgehead atoms. The molecule has 0 saturated heterocycles. The van der Waals surface area contributed by atoms with Gasteiger partial charge in [0.05, 0.1) is 13.2 Å². The molecule has 18 heavy (non-hydrogen) atoms. The summed E-state index contributed by atoms with van der Waals surface area (Å²) in [6.45, 7) is 5.15. The quantitative estimate of drug-likeness (QED) is 0.547. The molecule has 0 aliphatic heterocycles. The molecular formula is C15H20O3. The van der Waals surface area contributed by atoms with Gasteiger partial charge in [0.15, 0.2) is 0 Å². The highest BCUT2D eigenvalue weighted by Gasteiger charge is 2.00. The van der Waals surface area contributed by atoms with Crippen LogP contribution in [0, 0.1) is 0 Å². The minimum atomic E-state index is -0.317. The predicted octanol–water partition coefficient (Wildman–Crippen LogP) is 3.44. The first-order valence-corrected chi connectivity index (χ1v) is 6.34. The highest BCUT2D eigenvalue weighted by molar-refractivity contribution is 5.87. The summed E-state index contributed by atoms with van der Waals surface area (Å²) in [4.78, 5) is 11.4. The molecule has 1 aromatic carbocycles. The SMILES string of the molecule is CCCOC(=O)/C=C/c1ccccc1OCCC. The number of benzene rings is 1. The van der Waals surface area contributed by atoms with Gasteiger partial charge in [0, 0.05) is 11.6 Å². The van der Waals surface area contributed by atoms with Crippen LogP contribution in [0.2, 0.25) is 0 Å². The van der Waals surface area contributed by atoms with Crippen molar-refractivity contribution < 1.29 is 14.3 Å². The summed E-state index contributed by atoms with van der Waals surface area (Å²) >= 11 is 0. The molecule has 3 nitrogen and oxygen atoms in total. The topological polar surface area (TPSA) is 35.5 Å². The van der Waals surface area contributed by atoms with Crippen LogP contribution in [0.15, 0.2) is 30.3 Å². The number of carbonyl (C=O) groups is 1. The summed E-state index contributed by atoms with van der Waals surface area (Å²) in [6, 6.07) is 7.63. The largest absolute Gasteiger partial charge is 0.493 e. The first-order valence-electron chi connectivity index (χ1n) is 6.34. The molecule has 0 aliphatic rings. The summed E-state index contributed by atoms with van der Waals surface area (Å²) in [5, 5.41) is 0. The van der Waals surface area contributed by atoms with E-state index in [0.717, 1.165) is 24.2 Å². The fourth-order valence-corrected chi connectivity index (χ4v) is 1.37. The maximum Gasteiger partial charge on any atom is 0.330 e. The van der Waals surface area contributed by atoms with E-state index in [0.29, 0.717) is 13.2 Å². The normalized spacial score (nSPS) is 10.6. The number of carbonyl (C=O) groups excluding carboxylic acids is 1. The highest BCUT2D eigenvalue weighted by atomic mass is 16.5. The standard InChI is InChI=1S/C15H20O3/c1-3-11-17-14-8-6-5-7-13(14)9-10-15(16)18-12-4-2/h5-10H,3-4,11-12H2,1-2H3/b10-9+. The third kappa shape index (κ3) is 5.04. The number of hydrogen-bond donors (Lipinski definition) is 0. The molecule has 0 amide bonds. The number of ether oxygens (including phenoxy) is 2. The summed E-state index contributed by atoms with van der Waals surface area (Å²) in [6.07, 6.45) is 4.94. The smallest absolute Gasteiger partial charge is 0.330 e. The molecule has 3 heteroatoms. The summed E-state index contributed by atoms with van der Waals surface area (Å²) in [7, 11) is 0. The van der Waals surface area contributed by atoms with Gasteiger partial charge < -0.3 is 9.47 Å². The molecular weight excluding hydrogens is 228 g/mol. The van der Waals surface area contributed by atoms with Gasteiger partial charge in [-0.05, 0) is 25.0 Å². The van der Waals surface area contributed by atoms with Gasteiger partial charge in [-0.15, -0.1) is 0 Å². The van der Waals surface area contributed by atoms with Gasteiger partial charge >= 0.3 is 5.97 Å². The van der Waals surface area contributed by atoms with Crippen LogP contribution < -0.4 is 4.74 Å². The summed E-state index contributed by atoms with van der Waals surface area (Å²) in [5.41, 5.74) is 0.888. The van der Waals surface area contributed by atoms with Crippen LogP contribution in [0.1, 0.15) is 32.3 Å². The van der Waals surface area contributed by atoms with Gasteiger partial charge in [-0.1, -0.05) is 32.0 Å². The third-order valence-electron chi connectivity index (χ3n) is 2.23. The second-order valence-electron chi connectivity index (χ2n) is 3.89. The number of para-hydroxylation sites is 1. The van der Waals surface area contributed by atoms with Crippen molar-refractivity contribution >= 4 is 12.0 Å². The zero-order chi connectivity index (χ0) is 13.2. The van der Waals surface area contributed by atoms with Crippen molar-refractivity contribution in [3.8, 4) is 5.75 Å². The first-order chi connectivity index (χ1) is 8.77. The average molecular weight is 248 g/mol. The molecule has 0 fully saturated rings. The molecule has 0 unspecified atom stereocenters. The van der Waals surface area contributed by atoms with E-state index < -0.39 is 0 Å². The van der Waals surface area contributed by atoms with E-state index in [2.05, 4.69) is 6.92 Å². The average Bonchev–Trinajstić information content (AvgIpc) is 2.41. The highest BCUT2D eigenvalue weighted by Crippen LogP contribution is 2.19. The Labute approximate surface area is 108 Å². The Morgan fingerprint density at radius 3 is 2.61 bits per heavy atom. The van der Waals surface area contributed by atoms with Crippen molar-refractivity contribution in [2.75, 3.05) is 13.2 Å². The molecule has 0 spiro atoms. The van der Waals surface area contributed by atoms with E-state index >= 15 is 0 Å². The molecule has 0 aliphatic carbocycles. The van der Waals surface area contributed by atoms with Crippen molar-refractivity contribution in [1.82, 2.24) is 0 Å². The molecule has 0 aromatic heterocycles. The van der Waals surface area contributed by atoms with E-state index in [4.69, 9.17) is 9.47 Å². The van der Waals surface area contributed by atoms with Gasteiger partial charge in [0.1, 0.15) is 5.75 Å². The molecule has 0 saturated carbocycles. The maximum atomic E-state index is 11.4. The fraction of sp³-hybridized carbons (Fsp3) is 0.400. The van der Waals surface area contributed by atoms with E-state index in [1.165, 1.54) is 6.08 Å². The maximum absolute atomic E-state index is 11.4. The zero-order valence-corrected chi connectivity index (χ0v) is 11.0. The molecule has 0 heterocycles. The summed E-state index contributed by atoms with van der Waals surface area (Å²) < 4.78 is 10.6. The Morgan fingerprint density at radius 1 is 1.17 bits per heavy atom. The molecule has 0 radical (unpaired) electrons. The van der Waals surface area contributed by atoms with Crippen LogP contribution in [0.5, 0.6) is 5.75 Å². The minimum Gasteiger partial charge on any atom is -0.493 e. The van der Waals surface area contributed by atoms with E-state index in [1.807, 2.05) is 31.2 Å². The van der Waals surface area contributed by atoms with Crippen molar-refractivity contribution in [2.45, 2.75) is 26.7 Å². The van der Waals surface area contributed by atoms with Crippen LogP contribution in [0.3, 0.4) is 0 Å². The van der Waals surface area contributed by atoms with Crippen LogP contribution in [-0.4, -0.2) is 19.2 Å². The van der Waals surface area contributed by atoms with E-state index in [-0.39, 0.29) is 5.97 Å². The van der Waals surface area contributed by atoms with Gasteiger partial charge in [-0.2, -0.15) is 0 Å². The lowest BCUT2D eigenvalue weighted by molar-refractivity contribution is -0.137. The summed E-state index contributed by atoms with van der Waals surface area (Å²) in [5.74, 6) is 0.473. The number of hydrogen-bond acceptors (Lipinski definition) is 3. The van der Waals surface area contributed by atoms with Crippen LogP contribution in [0.4, 0.5) is 0 Å². The van der Waals surface area contributed by atoms with E-state index in [1.54, 1.807) is 6.08 Å². The minimum absolute atomic E-state index is 0.317. The Bertz CT molecular complexity index is 396. The lowest BCUT2D eigenvalue weighted by Gasteiger charge is -2.07. The third-order valence-corrected chi connectivity index (χ3v) is 2.23. The fourth-order valence-electron chi connectivity index (χ4n) is 1.37. The molecule has 98 valence electrons. The zero-order valence-electron chi connectivity index (χ0n) is 11.0. The van der Waals surface area contributed by atoms with Gasteiger partial charge in [-0.3, -0.25) is 0 Å². The lowest BCUT2D eigenvalue weighted by atomic mass is 10.2. The Morgan fingerprint density at radius 2 is 1.89 bits per heavy atom. The molecule has 0 atom stereocenters. The van der Waals surface area contributed by atoms with E-state index in [9.17, 15) is 4.79 Å². The van der Waals surface area contributed by atoms with Gasteiger partial charge in [-0.25, -0.2) is 4.79 Å². The monoisotopic (exact) mass is 248 g/mol. The van der Waals surface area contributed by atoms with Gasteiger partial charge in [0.2, 0.25) is 0 Å². The Hall–Kier alpha value is -1.77. The molecule has 1 rings (SSSR count). The van der Waals surface area contributed by atoms with Crippen molar-refractivity contribution in [1.29, 1.82) is 0 Å². The van der Waals surface area contributed by atoms with Crippen LogP contribution in [0.25, 0.3) is 6.08 Å². The molecule has 1 aromatic rings. The van der Waals surface area contributed by atoms with Crippen molar-refractivity contribution in [3.63, 3.8) is 0 Å². The van der Waals surface area contributed by atoms with Crippen LogP contribution >= 0.6 is 0 Å². The lowest BCUT2D eigenvalue weighted by Crippen LogP contribution is -2.01. The van der Waals surface area contributed by atoms with Crippen molar-refractivity contribution in [3.05, 3.63) is 35.9 Å². The number of rotatable bonds is 7. The van der Waals surface area contributed by atoms with Crippen LogP contribution in [-0.2, 0) is 9.53 Å².